The van der Waals surface area contributed by atoms with Gasteiger partial charge in [-0.2, -0.15) is 11.3 Å². The molecule has 84 valence electrons. The molecule has 1 unspecified atom stereocenters. The minimum Gasteiger partial charge on any atom is -0.378 e. The lowest BCUT2D eigenvalue weighted by Crippen LogP contribution is -2.05. The molecule has 0 amide bonds. The van der Waals surface area contributed by atoms with Crippen molar-refractivity contribution < 1.29 is 0 Å². The molecule has 2 aromatic rings. The number of thiophene rings is 1. The van der Waals surface area contributed by atoms with Crippen LogP contribution in [0.2, 0.25) is 10.0 Å². The summed E-state index contributed by atoms with van der Waals surface area (Å²) in [6.45, 7) is 2.09. The summed E-state index contributed by atoms with van der Waals surface area (Å²) in [5, 5.41) is 8.70. The molecule has 0 saturated carbocycles. The van der Waals surface area contributed by atoms with Gasteiger partial charge in [0.2, 0.25) is 0 Å². The first-order chi connectivity index (χ1) is 7.66. The number of halogens is 2. The van der Waals surface area contributed by atoms with Gasteiger partial charge in [-0.25, -0.2) is 0 Å². The summed E-state index contributed by atoms with van der Waals surface area (Å²) in [4.78, 5) is 0. The van der Waals surface area contributed by atoms with Gasteiger partial charge >= 0.3 is 0 Å². The highest BCUT2D eigenvalue weighted by Crippen LogP contribution is 2.27. The fourth-order valence-electron chi connectivity index (χ4n) is 1.46. The number of benzene rings is 1. The third-order valence-electron chi connectivity index (χ3n) is 2.35. The molecule has 0 saturated heterocycles. The van der Waals surface area contributed by atoms with E-state index < -0.39 is 0 Å². The lowest BCUT2D eigenvalue weighted by Gasteiger charge is -2.15. The maximum absolute atomic E-state index is 5.98. The molecule has 0 bridgehead atoms. The first-order valence-corrected chi connectivity index (χ1v) is 6.60. The van der Waals surface area contributed by atoms with Gasteiger partial charge in [0.15, 0.2) is 0 Å². The zero-order valence-electron chi connectivity index (χ0n) is 8.71. The Morgan fingerprint density at radius 2 is 2.00 bits per heavy atom. The molecule has 0 aliphatic rings. The van der Waals surface area contributed by atoms with Crippen LogP contribution in [-0.2, 0) is 0 Å². The second-order valence-electron chi connectivity index (χ2n) is 3.55. The Morgan fingerprint density at radius 3 is 2.62 bits per heavy atom. The van der Waals surface area contributed by atoms with E-state index in [0.717, 1.165) is 11.3 Å². The van der Waals surface area contributed by atoms with Crippen molar-refractivity contribution in [2.75, 3.05) is 5.32 Å². The largest absolute Gasteiger partial charge is 0.378 e. The Bertz CT molecular complexity index is 468. The molecule has 1 aromatic carbocycles. The summed E-state index contributed by atoms with van der Waals surface area (Å²) in [6.07, 6.45) is 0. The van der Waals surface area contributed by atoms with Crippen molar-refractivity contribution in [2.24, 2.45) is 0 Å². The van der Waals surface area contributed by atoms with E-state index in [9.17, 15) is 0 Å². The third-order valence-corrected chi connectivity index (χ3v) is 3.77. The second kappa shape index (κ2) is 5.09. The van der Waals surface area contributed by atoms with Gasteiger partial charge in [-0.1, -0.05) is 29.3 Å². The summed E-state index contributed by atoms with van der Waals surface area (Å²) in [5.74, 6) is 0. The van der Waals surface area contributed by atoms with Crippen LogP contribution in [0.15, 0.2) is 35.0 Å². The lowest BCUT2D eigenvalue weighted by molar-refractivity contribution is 0.886. The van der Waals surface area contributed by atoms with Crippen molar-refractivity contribution in [1.29, 1.82) is 0 Å². The maximum Gasteiger partial charge on any atom is 0.0595 e. The van der Waals surface area contributed by atoms with Crippen LogP contribution in [-0.4, -0.2) is 0 Å². The summed E-state index contributed by atoms with van der Waals surface area (Å²) in [7, 11) is 0. The molecule has 0 aliphatic carbocycles. The van der Waals surface area contributed by atoms with Crippen molar-refractivity contribution in [2.45, 2.75) is 13.0 Å². The van der Waals surface area contributed by atoms with Gasteiger partial charge in [0.05, 0.1) is 10.0 Å². The Kier molecular flexibility index (Phi) is 3.74. The minimum absolute atomic E-state index is 0.212. The van der Waals surface area contributed by atoms with Gasteiger partial charge in [0.25, 0.3) is 0 Å². The maximum atomic E-state index is 5.98. The Hall–Kier alpha value is -0.700. The van der Waals surface area contributed by atoms with E-state index in [4.69, 9.17) is 23.2 Å². The fraction of sp³-hybridized carbons (Fsp3) is 0.167. The van der Waals surface area contributed by atoms with Crippen LogP contribution in [0.1, 0.15) is 18.5 Å². The highest BCUT2D eigenvalue weighted by Gasteiger charge is 2.07. The normalized spacial score (nSPS) is 12.4. The molecule has 0 spiro atoms. The third kappa shape index (κ3) is 2.70. The van der Waals surface area contributed by atoms with E-state index >= 15 is 0 Å². The molecule has 0 radical (unpaired) electrons. The monoisotopic (exact) mass is 271 g/mol. The Labute approximate surface area is 109 Å². The van der Waals surface area contributed by atoms with Gasteiger partial charge in [-0.3, -0.25) is 0 Å². The number of hydrogen-bond acceptors (Lipinski definition) is 2. The second-order valence-corrected chi connectivity index (χ2v) is 5.15. The van der Waals surface area contributed by atoms with Crippen LogP contribution in [0.4, 0.5) is 5.69 Å². The molecule has 1 aromatic heterocycles. The number of nitrogens with one attached hydrogen (secondary N) is 1. The van der Waals surface area contributed by atoms with E-state index in [1.54, 1.807) is 11.3 Å². The predicted octanol–water partition coefficient (Wildman–Crippen LogP) is 5.23. The molecular weight excluding hydrogens is 261 g/mol. The summed E-state index contributed by atoms with van der Waals surface area (Å²) >= 11 is 13.5. The quantitative estimate of drug-likeness (QED) is 0.806. The van der Waals surface area contributed by atoms with E-state index in [1.165, 1.54) is 0 Å². The number of rotatable bonds is 3. The van der Waals surface area contributed by atoms with Crippen molar-refractivity contribution in [3.8, 4) is 0 Å². The van der Waals surface area contributed by atoms with Crippen LogP contribution >= 0.6 is 34.5 Å². The first kappa shape index (κ1) is 11.8. The molecular formula is C12H11Cl2NS. The molecule has 1 nitrogen and oxygen atoms in total. The minimum atomic E-state index is 0.212. The van der Waals surface area contributed by atoms with E-state index in [1.807, 2.05) is 23.6 Å². The standard InChI is InChI=1S/C12H11Cl2NS/c1-8(15-10-4-5-16-7-10)9-2-3-11(13)12(14)6-9/h2-8,15H,1H3. The van der Waals surface area contributed by atoms with Crippen molar-refractivity contribution in [3.63, 3.8) is 0 Å². The fourth-order valence-corrected chi connectivity index (χ4v) is 2.37. The van der Waals surface area contributed by atoms with Crippen LogP contribution in [0.3, 0.4) is 0 Å². The molecule has 16 heavy (non-hydrogen) atoms. The Morgan fingerprint density at radius 1 is 1.19 bits per heavy atom. The molecule has 0 fully saturated rings. The van der Waals surface area contributed by atoms with Crippen molar-refractivity contribution in [3.05, 3.63) is 50.6 Å². The van der Waals surface area contributed by atoms with E-state index in [0.29, 0.717) is 10.0 Å². The van der Waals surface area contributed by atoms with E-state index in [2.05, 4.69) is 23.7 Å². The van der Waals surface area contributed by atoms with Gasteiger partial charge in [0, 0.05) is 17.1 Å². The van der Waals surface area contributed by atoms with Crippen molar-refractivity contribution >= 4 is 40.2 Å². The number of hydrogen-bond donors (Lipinski definition) is 1. The average molecular weight is 272 g/mol. The highest BCUT2D eigenvalue weighted by molar-refractivity contribution is 7.08. The average Bonchev–Trinajstić information content (AvgIpc) is 2.74. The lowest BCUT2D eigenvalue weighted by atomic mass is 10.1. The van der Waals surface area contributed by atoms with Gasteiger partial charge in [0.1, 0.15) is 0 Å². The molecule has 1 atom stereocenters. The molecule has 4 heteroatoms. The van der Waals surface area contributed by atoms with Crippen LogP contribution < -0.4 is 5.32 Å². The predicted molar refractivity (Wildman–Crippen MR) is 72.8 cm³/mol. The van der Waals surface area contributed by atoms with Gasteiger partial charge < -0.3 is 5.32 Å². The highest BCUT2D eigenvalue weighted by atomic mass is 35.5. The van der Waals surface area contributed by atoms with Crippen LogP contribution in [0.5, 0.6) is 0 Å². The first-order valence-electron chi connectivity index (χ1n) is 4.90. The molecule has 0 aliphatic heterocycles. The summed E-state index contributed by atoms with van der Waals surface area (Å²) in [5.41, 5.74) is 2.25. The Balaban J connectivity index is 2.14. The number of anilines is 1. The zero-order valence-corrected chi connectivity index (χ0v) is 11.0. The SMILES string of the molecule is CC(Nc1ccsc1)c1ccc(Cl)c(Cl)c1. The summed E-state index contributed by atoms with van der Waals surface area (Å²) in [6, 6.07) is 7.97. The van der Waals surface area contributed by atoms with Crippen LogP contribution in [0, 0.1) is 0 Å². The smallest absolute Gasteiger partial charge is 0.0595 e. The van der Waals surface area contributed by atoms with Crippen LogP contribution in [0.25, 0.3) is 0 Å². The molecule has 1 heterocycles. The van der Waals surface area contributed by atoms with Gasteiger partial charge in [-0.05, 0) is 36.1 Å². The zero-order chi connectivity index (χ0) is 11.5. The molecule has 2 rings (SSSR count). The topological polar surface area (TPSA) is 12.0 Å². The van der Waals surface area contributed by atoms with E-state index in [-0.39, 0.29) is 6.04 Å². The van der Waals surface area contributed by atoms with Crippen molar-refractivity contribution in [1.82, 2.24) is 0 Å². The summed E-state index contributed by atoms with van der Waals surface area (Å²) < 4.78 is 0. The molecule has 1 N–H and O–H groups in total. The van der Waals surface area contributed by atoms with Gasteiger partial charge in [-0.15, -0.1) is 0 Å².